The second kappa shape index (κ2) is 7.27. The Morgan fingerprint density at radius 2 is 1.96 bits per heavy atom. The molecule has 0 unspecified atom stereocenters. The highest BCUT2D eigenvalue weighted by molar-refractivity contribution is 5.96. The fraction of sp³-hybridized carbons (Fsp3) is 0.588. The van der Waals surface area contributed by atoms with Gasteiger partial charge in [0.1, 0.15) is 5.69 Å². The molecule has 1 aliphatic heterocycles. The number of carbonyl (C=O) groups excluding carboxylic acids is 2. The number of piperazine rings is 1. The molecular weight excluding hydrogens is 308 g/mol. The molecule has 24 heavy (non-hydrogen) atoms. The van der Waals surface area contributed by atoms with E-state index in [0.29, 0.717) is 24.3 Å². The Morgan fingerprint density at radius 1 is 1.21 bits per heavy atom. The summed E-state index contributed by atoms with van der Waals surface area (Å²) < 4.78 is 0. The third-order valence-corrected chi connectivity index (χ3v) is 4.98. The Bertz CT molecular complexity index is 596. The van der Waals surface area contributed by atoms with Gasteiger partial charge in [0.15, 0.2) is 0 Å². The van der Waals surface area contributed by atoms with Crippen molar-refractivity contribution in [2.24, 2.45) is 0 Å². The fourth-order valence-electron chi connectivity index (χ4n) is 3.57. The van der Waals surface area contributed by atoms with Gasteiger partial charge in [-0.3, -0.25) is 19.5 Å². The first-order valence-electron chi connectivity index (χ1n) is 8.49. The maximum atomic E-state index is 12.6. The number of hydrogen-bond acceptors (Lipinski definition) is 5. The molecule has 1 aromatic rings. The molecule has 3 rings (SSSR count). The van der Waals surface area contributed by atoms with Crippen molar-refractivity contribution in [3.63, 3.8) is 0 Å². The summed E-state index contributed by atoms with van der Waals surface area (Å²) in [7, 11) is 1.55. The van der Waals surface area contributed by atoms with E-state index in [9.17, 15) is 14.7 Å². The molecule has 1 saturated heterocycles. The molecule has 0 bridgehead atoms. The van der Waals surface area contributed by atoms with Crippen LogP contribution in [-0.4, -0.2) is 77.1 Å². The van der Waals surface area contributed by atoms with E-state index in [1.807, 2.05) is 4.90 Å². The molecule has 2 atom stereocenters. The van der Waals surface area contributed by atoms with E-state index in [1.165, 1.54) is 6.20 Å². The predicted octanol–water partition coefficient (Wildman–Crippen LogP) is 0.112. The third kappa shape index (κ3) is 3.42. The van der Waals surface area contributed by atoms with Gasteiger partial charge in [0, 0.05) is 45.5 Å². The first-order valence-corrected chi connectivity index (χ1v) is 8.49. The monoisotopic (exact) mass is 332 g/mol. The molecule has 1 saturated carbocycles. The van der Waals surface area contributed by atoms with Crippen molar-refractivity contribution in [1.29, 1.82) is 0 Å². The first kappa shape index (κ1) is 16.9. The first-order chi connectivity index (χ1) is 11.6. The van der Waals surface area contributed by atoms with Crippen molar-refractivity contribution in [2.45, 2.75) is 31.4 Å². The summed E-state index contributed by atoms with van der Waals surface area (Å²) in [4.78, 5) is 32.2. The van der Waals surface area contributed by atoms with Gasteiger partial charge in [-0.25, -0.2) is 0 Å². The topological polar surface area (TPSA) is 85.8 Å². The number of aromatic nitrogens is 1. The van der Waals surface area contributed by atoms with Crippen LogP contribution in [0.4, 0.5) is 0 Å². The van der Waals surface area contributed by atoms with Crippen LogP contribution in [0.2, 0.25) is 0 Å². The summed E-state index contributed by atoms with van der Waals surface area (Å²) in [6, 6.07) is 3.46. The molecule has 2 fully saturated rings. The van der Waals surface area contributed by atoms with Gasteiger partial charge in [-0.2, -0.15) is 0 Å². The van der Waals surface area contributed by atoms with E-state index in [-0.39, 0.29) is 24.0 Å². The van der Waals surface area contributed by atoms with Gasteiger partial charge < -0.3 is 15.3 Å². The Labute approximate surface area is 141 Å². The predicted molar refractivity (Wildman–Crippen MR) is 88.7 cm³/mol. The van der Waals surface area contributed by atoms with Gasteiger partial charge in [0.25, 0.3) is 11.8 Å². The zero-order valence-electron chi connectivity index (χ0n) is 13.9. The third-order valence-electron chi connectivity index (χ3n) is 4.98. The highest BCUT2D eigenvalue weighted by atomic mass is 16.3. The molecule has 7 nitrogen and oxygen atoms in total. The number of nitrogens with zero attached hydrogens (tertiary/aromatic N) is 3. The molecule has 2 amide bonds. The van der Waals surface area contributed by atoms with Crippen molar-refractivity contribution in [3.8, 4) is 0 Å². The average molecular weight is 332 g/mol. The number of carbonyl (C=O) groups is 2. The van der Waals surface area contributed by atoms with E-state index in [2.05, 4.69) is 15.2 Å². The normalized spacial score (nSPS) is 24.8. The molecule has 2 N–H and O–H groups in total. The molecular formula is C17H24N4O3. The van der Waals surface area contributed by atoms with Gasteiger partial charge in [0.05, 0.1) is 11.7 Å². The number of aliphatic hydroxyl groups excluding tert-OH is 1. The maximum Gasteiger partial charge on any atom is 0.269 e. The molecule has 7 heteroatoms. The minimum absolute atomic E-state index is 0.0578. The summed E-state index contributed by atoms with van der Waals surface area (Å²) in [6.45, 7) is 2.88. The van der Waals surface area contributed by atoms with Crippen molar-refractivity contribution in [2.75, 3.05) is 33.2 Å². The van der Waals surface area contributed by atoms with Crippen LogP contribution in [0.3, 0.4) is 0 Å². The number of aliphatic hydroxyl groups is 1. The molecule has 0 spiro atoms. The van der Waals surface area contributed by atoms with Crippen LogP contribution in [0.15, 0.2) is 18.3 Å². The maximum absolute atomic E-state index is 12.6. The summed E-state index contributed by atoms with van der Waals surface area (Å²) >= 11 is 0. The quantitative estimate of drug-likeness (QED) is 0.821. The van der Waals surface area contributed by atoms with Crippen LogP contribution < -0.4 is 5.32 Å². The van der Waals surface area contributed by atoms with Gasteiger partial charge >= 0.3 is 0 Å². The average Bonchev–Trinajstić information content (AvgIpc) is 3.06. The van der Waals surface area contributed by atoms with Crippen LogP contribution in [0.1, 0.15) is 40.1 Å². The van der Waals surface area contributed by atoms with Gasteiger partial charge in [0.2, 0.25) is 0 Å². The molecule has 0 aromatic carbocycles. The van der Waals surface area contributed by atoms with Crippen molar-refractivity contribution >= 4 is 11.8 Å². The molecule has 0 radical (unpaired) electrons. The number of nitrogens with one attached hydrogen (secondary N) is 1. The minimum Gasteiger partial charge on any atom is -0.391 e. The van der Waals surface area contributed by atoms with E-state index in [1.54, 1.807) is 19.2 Å². The lowest BCUT2D eigenvalue weighted by Crippen LogP contribution is -2.53. The highest BCUT2D eigenvalue weighted by Crippen LogP contribution is 2.25. The van der Waals surface area contributed by atoms with Gasteiger partial charge in [-0.05, 0) is 31.4 Å². The number of hydrogen-bond donors (Lipinski definition) is 2. The zero-order valence-corrected chi connectivity index (χ0v) is 13.9. The van der Waals surface area contributed by atoms with E-state index < -0.39 is 0 Å². The molecule has 130 valence electrons. The Kier molecular flexibility index (Phi) is 5.11. The van der Waals surface area contributed by atoms with Crippen LogP contribution in [0, 0.1) is 0 Å². The molecule has 1 aliphatic carbocycles. The fourth-order valence-corrected chi connectivity index (χ4v) is 3.57. The lowest BCUT2D eigenvalue weighted by molar-refractivity contribution is 0.0315. The summed E-state index contributed by atoms with van der Waals surface area (Å²) in [5.41, 5.74) is 0.797. The second-order valence-electron chi connectivity index (χ2n) is 6.41. The van der Waals surface area contributed by atoms with Crippen molar-refractivity contribution in [3.05, 3.63) is 29.6 Å². The van der Waals surface area contributed by atoms with E-state index in [4.69, 9.17) is 0 Å². The van der Waals surface area contributed by atoms with Crippen LogP contribution in [0.25, 0.3) is 0 Å². The van der Waals surface area contributed by atoms with Gasteiger partial charge in [-0.1, -0.05) is 0 Å². The lowest BCUT2D eigenvalue weighted by atomic mass is 10.1. The molecule has 2 heterocycles. The summed E-state index contributed by atoms with van der Waals surface area (Å²) in [5, 5.41) is 12.5. The summed E-state index contributed by atoms with van der Waals surface area (Å²) in [5.74, 6) is -0.324. The van der Waals surface area contributed by atoms with Crippen LogP contribution >= 0.6 is 0 Å². The molecule has 2 aliphatic rings. The largest absolute Gasteiger partial charge is 0.391 e. The van der Waals surface area contributed by atoms with E-state index >= 15 is 0 Å². The molecule has 1 aromatic heterocycles. The van der Waals surface area contributed by atoms with E-state index in [0.717, 1.165) is 32.4 Å². The SMILES string of the molecule is CNC(=O)c1ccc(C(=O)N2CCN([C@@H]3CCC[C@@H]3O)CC2)cn1. The Hall–Kier alpha value is -1.99. The standard InChI is InChI=1S/C17H24N4O3/c1-18-16(23)13-6-5-12(11-19-13)17(24)21-9-7-20(8-10-21)14-3-2-4-15(14)22/h5-6,11,14-15,22H,2-4,7-10H2,1H3,(H,18,23)/t14-,15+/m1/s1. The Morgan fingerprint density at radius 3 is 2.50 bits per heavy atom. The van der Waals surface area contributed by atoms with Gasteiger partial charge in [-0.15, -0.1) is 0 Å². The number of rotatable bonds is 3. The Balaban J connectivity index is 1.58. The van der Waals surface area contributed by atoms with Crippen LogP contribution in [0.5, 0.6) is 0 Å². The smallest absolute Gasteiger partial charge is 0.269 e. The number of pyridine rings is 1. The lowest BCUT2D eigenvalue weighted by Gasteiger charge is -2.39. The van der Waals surface area contributed by atoms with Crippen LogP contribution in [-0.2, 0) is 0 Å². The zero-order chi connectivity index (χ0) is 17.1. The minimum atomic E-state index is -0.266. The van der Waals surface area contributed by atoms with Crippen molar-refractivity contribution in [1.82, 2.24) is 20.1 Å². The second-order valence-corrected chi connectivity index (χ2v) is 6.41. The van der Waals surface area contributed by atoms with Crippen molar-refractivity contribution < 1.29 is 14.7 Å². The summed E-state index contributed by atoms with van der Waals surface area (Å²) in [6.07, 6.45) is 4.23. The number of amides is 2. The highest BCUT2D eigenvalue weighted by Gasteiger charge is 2.33.